The second kappa shape index (κ2) is 5.56. The summed E-state index contributed by atoms with van der Waals surface area (Å²) < 4.78 is 1.13. The van der Waals surface area contributed by atoms with Gasteiger partial charge in [-0.1, -0.05) is 6.07 Å². The number of nitrogens with one attached hydrogen (secondary N) is 1. The molecule has 3 nitrogen and oxygen atoms in total. The van der Waals surface area contributed by atoms with Crippen LogP contribution in [-0.2, 0) is 4.79 Å². The zero-order valence-corrected chi connectivity index (χ0v) is 12.4. The van der Waals surface area contributed by atoms with Crippen molar-refractivity contribution in [1.82, 2.24) is 4.98 Å². The Labute approximate surface area is 124 Å². The number of fused-ring (bicyclic) bond motifs is 1. The highest BCUT2D eigenvalue weighted by atomic mass is 32.1. The Hall–Kier alpha value is -1.98. The fourth-order valence-corrected chi connectivity index (χ4v) is 3.27. The summed E-state index contributed by atoms with van der Waals surface area (Å²) in [4.78, 5) is 17.3. The van der Waals surface area contributed by atoms with Gasteiger partial charge in [0.15, 0.2) is 0 Å². The molecular formula is C15H12N2OS2. The fraction of sp³-hybridized carbons (Fsp3) is 0.0667. The van der Waals surface area contributed by atoms with Gasteiger partial charge < -0.3 is 5.32 Å². The van der Waals surface area contributed by atoms with Gasteiger partial charge in [0.05, 0.1) is 15.2 Å². The predicted molar refractivity (Wildman–Crippen MR) is 86.3 cm³/mol. The topological polar surface area (TPSA) is 42.0 Å². The number of carbonyl (C=O) groups is 1. The Morgan fingerprint density at radius 1 is 1.35 bits per heavy atom. The van der Waals surface area contributed by atoms with Crippen LogP contribution < -0.4 is 5.32 Å². The van der Waals surface area contributed by atoms with E-state index in [0.29, 0.717) is 0 Å². The summed E-state index contributed by atoms with van der Waals surface area (Å²) in [5.41, 5.74) is 1.69. The van der Waals surface area contributed by atoms with Gasteiger partial charge in [-0.3, -0.25) is 4.79 Å². The van der Waals surface area contributed by atoms with E-state index in [2.05, 4.69) is 10.3 Å². The smallest absolute Gasteiger partial charge is 0.248 e. The van der Waals surface area contributed by atoms with Crippen molar-refractivity contribution in [3.8, 4) is 0 Å². The monoisotopic (exact) mass is 300 g/mol. The molecule has 0 radical (unpaired) electrons. The molecule has 0 aliphatic carbocycles. The summed E-state index contributed by atoms with van der Waals surface area (Å²) in [7, 11) is 0. The zero-order chi connectivity index (χ0) is 13.9. The van der Waals surface area contributed by atoms with E-state index in [4.69, 9.17) is 0 Å². The van der Waals surface area contributed by atoms with Crippen molar-refractivity contribution in [2.24, 2.45) is 0 Å². The van der Waals surface area contributed by atoms with Gasteiger partial charge in [-0.25, -0.2) is 4.98 Å². The average Bonchev–Trinajstić information content (AvgIpc) is 3.04. The lowest BCUT2D eigenvalue weighted by atomic mass is 10.3. The number of carbonyl (C=O) groups excluding carboxylic acids is 1. The van der Waals surface area contributed by atoms with E-state index >= 15 is 0 Å². The number of amides is 1. The second-order valence-corrected chi connectivity index (χ2v) is 6.47. The number of thiophene rings is 1. The van der Waals surface area contributed by atoms with Gasteiger partial charge in [-0.2, -0.15) is 0 Å². The molecule has 2 heterocycles. The number of aryl methyl sites for hydroxylation is 1. The van der Waals surface area contributed by atoms with Crippen molar-refractivity contribution in [3.05, 3.63) is 51.7 Å². The molecule has 1 N–H and O–H groups in total. The molecule has 2 aromatic heterocycles. The number of hydrogen-bond donors (Lipinski definition) is 1. The van der Waals surface area contributed by atoms with Crippen LogP contribution in [0.5, 0.6) is 0 Å². The molecule has 0 aliphatic heterocycles. The summed E-state index contributed by atoms with van der Waals surface area (Å²) in [6.07, 6.45) is 3.36. The number of thiazole rings is 1. The highest BCUT2D eigenvalue weighted by molar-refractivity contribution is 7.18. The Kier molecular flexibility index (Phi) is 3.62. The van der Waals surface area contributed by atoms with E-state index in [1.165, 1.54) is 0 Å². The molecule has 0 spiro atoms. The zero-order valence-electron chi connectivity index (χ0n) is 10.8. The molecule has 0 saturated carbocycles. The van der Waals surface area contributed by atoms with Gasteiger partial charge in [0.1, 0.15) is 0 Å². The van der Waals surface area contributed by atoms with Crippen LogP contribution in [0, 0.1) is 6.92 Å². The first-order chi connectivity index (χ1) is 9.70. The number of benzene rings is 1. The fourth-order valence-electron chi connectivity index (χ4n) is 1.85. The first kappa shape index (κ1) is 13.0. The molecule has 3 rings (SSSR count). The van der Waals surface area contributed by atoms with Crippen molar-refractivity contribution < 1.29 is 4.79 Å². The van der Waals surface area contributed by atoms with E-state index in [-0.39, 0.29) is 5.91 Å². The number of rotatable bonds is 3. The lowest BCUT2D eigenvalue weighted by Gasteiger charge is -2.01. The van der Waals surface area contributed by atoms with Crippen LogP contribution in [0.1, 0.15) is 9.88 Å². The largest absolute Gasteiger partial charge is 0.322 e. The molecule has 0 atom stereocenters. The molecule has 0 bridgehead atoms. The molecule has 1 aromatic carbocycles. The minimum absolute atomic E-state index is 0.135. The molecule has 0 aliphatic rings. The SMILES string of the molecule is Cc1nc2cc(NC(=O)/C=C/c3cccs3)ccc2s1. The van der Waals surface area contributed by atoms with Crippen molar-refractivity contribution in [3.63, 3.8) is 0 Å². The minimum Gasteiger partial charge on any atom is -0.322 e. The summed E-state index contributed by atoms with van der Waals surface area (Å²) >= 11 is 3.25. The normalized spacial score (nSPS) is 11.2. The maximum absolute atomic E-state index is 11.8. The molecule has 0 fully saturated rings. The van der Waals surface area contributed by atoms with Crippen LogP contribution in [0.15, 0.2) is 41.8 Å². The number of nitrogens with zero attached hydrogens (tertiary/aromatic N) is 1. The molecule has 20 heavy (non-hydrogen) atoms. The van der Waals surface area contributed by atoms with Gasteiger partial charge >= 0.3 is 0 Å². The first-order valence-corrected chi connectivity index (χ1v) is 7.80. The lowest BCUT2D eigenvalue weighted by Crippen LogP contribution is -2.07. The quantitative estimate of drug-likeness (QED) is 0.732. The van der Waals surface area contributed by atoms with Crippen LogP contribution in [0.2, 0.25) is 0 Å². The summed E-state index contributed by atoms with van der Waals surface area (Å²) in [6, 6.07) is 9.71. The molecular weight excluding hydrogens is 288 g/mol. The average molecular weight is 300 g/mol. The van der Waals surface area contributed by atoms with Crippen molar-refractivity contribution in [2.75, 3.05) is 5.32 Å². The third-order valence-electron chi connectivity index (χ3n) is 2.70. The van der Waals surface area contributed by atoms with E-state index in [0.717, 1.165) is 25.8 Å². The van der Waals surface area contributed by atoms with Crippen LogP contribution >= 0.6 is 22.7 Å². The highest BCUT2D eigenvalue weighted by Gasteiger charge is 2.03. The van der Waals surface area contributed by atoms with Gasteiger partial charge in [-0.05, 0) is 42.6 Å². The summed E-state index contributed by atoms with van der Waals surface area (Å²) in [6.45, 7) is 1.98. The van der Waals surface area contributed by atoms with E-state index < -0.39 is 0 Å². The van der Waals surface area contributed by atoms with Gasteiger partial charge in [0, 0.05) is 16.6 Å². The number of aromatic nitrogens is 1. The highest BCUT2D eigenvalue weighted by Crippen LogP contribution is 2.24. The second-order valence-electron chi connectivity index (χ2n) is 4.25. The Morgan fingerprint density at radius 3 is 3.05 bits per heavy atom. The Bertz CT molecular complexity index is 772. The molecule has 0 saturated heterocycles. The molecule has 3 aromatic rings. The summed E-state index contributed by atoms with van der Waals surface area (Å²) in [5, 5.41) is 5.86. The van der Waals surface area contributed by atoms with Crippen molar-refractivity contribution in [1.29, 1.82) is 0 Å². The van der Waals surface area contributed by atoms with Gasteiger partial charge in [-0.15, -0.1) is 22.7 Å². The summed E-state index contributed by atoms with van der Waals surface area (Å²) in [5.74, 6) is -0.135. The third kappa shape index (κ3) is 2.95. The van der Waals surface area contributed by atoms with Gasteiger partial charge in [0.25, 0.3) is 0 Å². The maximum Gasteiger partial charge on any atom is 0.248 e. The Balaban J connectivity index is 1.73. The minimum atomic E-state index is -0.135. The first-order valence-electron chi connectivity index (χ1n) is 6.10. The van der Waals surface area contributed by atoms with Gasteiger partial charge in [0.2, 0.25) is 5.91 Å². The molecule has 0 unspecified atom stereocenters. The van der Waals surface area contributed by atoms with Crippen molar-refractivity contribution in [2.45, 2.75) is 6.92 Å². The molecule has 1 amide bonds. The third-order valence-corrected chi connectivity index (χ3v) is 4.49. The van der Waals surface area contributed by atoms with Crippen LogP contribution in [0.25, 0.3) is 16.3 Å². The predicted octanol–water partition coefficient (Wildman–Crippen LogP) is 4.32. The van der Waals surface area contributed by atoms with Crippen LogP contribution in [-0.4, -0.2) is 10.9 Å². The van der Waals surface area contributed by atoms with Crippen LogP contribution in [0.4, 0.5) is 5.69 Å². The van der Waals surface area contributed by atoms with Crippen molar-refractivity contribution >= 4 is 50.6 Å². The van der Waals surface area contributed by atoms with E-state index in [1.807, 2.05) is 48.7 Å². The van der Waals surface area contributed by atoms with Crippen LogP contribution in [0.3, 0.4) is 0 Å². The standard InChI is InChI=1S/C15H12N2OS2/c1-10-16-13-9-11(4-6-14(13)20-10)17-15(18)7-5-12-3-2-8-19-12/h2-9H,1H3,(H,17,18)/b7-5+. The molecule has 5 heteroatoms. The maximum atomic E-state index is 11.8. The lowest BCUT2D eigenvalue weighted by molar-refractivity contribution is -0.111. The van der Waals surface area contributed by atoms with E-state index in [1.54, 1.807) is 28.7 Å². The number of anilines is 1. The number of hydrogen-bond acceptors (Lipinski definition) is 4. The van der Waals surface area contributed by atoms with E-state index in [9.17, 15) is 4.79 Å². The molecule has 100 valence electrons. The Morgan fingerprint density at radius 2 is 2.25 bits per heavy atom.